The van der Waals surface area contributed by atoms with Gasteiger partial charge in [-0.05, 0) is 36.8 Å². The van der Waals surface area contributed by atoms with Crippen molar-refractivity contribution in [1.29, 1.82) is 0 Å². The van der Waals surface area contributed by atoms with Crippen LogP contribution in [-0.2, 0) is 0 Å². The largest absolute Gasteiger partial charge is 0.497 e. The predicted octanol–water partition coefficient (Wildman–Crippen LogP) is 3.73. The van der Waals surface area contributed by atoms with Gasteiger partial charge in [0.25, 0.3) is 5.69 Å². The lowest BCUT2D eigenvalue weighted by molar-refractivity contribution is -0.384. The number of rotatable bonds is 5. The van der Waals surface area contributed by atoms with E-state index in [1.54, 1.807) is 38.5 Å². The lowest BCUT2D eigenvalue weighted by Crippen LogP contribution is -2.20. The standard InChI is InChI=1S/C16H17N3O4S/c1-10-4-5-11(19(20)21)8-14(10)18-16(24)17-13-7-6-12(22-2)9-15(13)23-3/h4-9H,1-3H3,(H2,17,18,24). The molecular formula is C16H17N3O4S. The summed E-state index contributed by atoms with van der Waals surface area (Å²) in [4.78, 5) is 10.4. The van der Waals surface area contributed by atoms with Crippen LogP contribution in [0.1, 0.15) is 5.56 Å². The zero-order valence-corrected chi connectivity index (χ0v) is 14.3. The van der Waals surface area contributed by atoms with E-state index in [4.69, 9.17) is 21.7 Å². The molecule has 0 amide bonds. The van der Waals surface area contributed by atoms with Gasteiger partial charge in [0.15, 0.2) is 5.11 Å². The van der Waals surface area contributed by atoms with Gasteiger partial charge in [0.1, 0.15) is 11.5 Å². The van der Waals surface area contributed by atoms with Gasteiger partial charge in [-0.1, -0.05) is 6.07 Å². The Labute approximate surface area is 144 Å². The van der Waals surface area contributed by atoms with E-state index in [-0.39, 0.29) is 5.69 Å². The summed E-state index contributed by atoms with van der Waals surface area (Å²) >= 11 is 5.28. The molecule has 0 aliphatic heterocycles. The Bertz CT molecular complexity index is 780. The van der Waals surface area contributed by atoms with Crippen LogP contribution in [0.25, 0.3) is 0 Å². The van der Waals surface area contributed by atoms with Crippen molar-refractivity contribution in [2.75, 3.05) is 24.9 Å². The summed E-state index contributed by atoms with van der Waals surface area (Å²) < 4.78 is 10.4. The molecule has 0 saturated heterocycles. The van der Waals surface area contributed by atoms with E-state index in [9.17, 15) is 10.1 Å². The fourth-order valence-corrected chi connectivity index (χ4v) is 2.26. The zero-order valence-electron chi connectivity index (χ0n) is 13.5. The molecule has 0 bridgehead atoms. The summed E-state index contributed by atoms with van der Waals surface area (Å²) in [6.45, 7) is 1.84. The fraction of sp³-hybridized carbons (Fsp3) is 0.188. The van der Waals surface area contributed by atoms with Crippen molar-refractivity contribution in [1.82, 2.24) is 0 Å². The smallest absolute Gasteiger partial charge is 0.271 e. The SMILES string of the molecule is COc1ccc(NC(=S)Nc2cc([N+](=O)[O-])ccc2C)c(OC)c1. The average molecular weight is 347 g/mol. The molecule has 0 aliphatic carbocycles. The molecular weight excluding hydrogens is 330 g/mol. The minimum absolute atomic E-state index is 0.00655. The predicted molar refractivity (Wildman–Crippen MR) is 97.2 cm³/mol. The van der Waals surface area contributed by atoms with E-state index < -0.39 is 4.92 Å². The Kier molecular flexibility index (Phi) is 5.54. The van der Waals surface area contributed by atoms with Crippen molar-refractivity contribution in [3.05, 3.63) is 52.1 Å². The van der Waals surface area contributed by atoms with E-state index in [0.717, 1.165) is 5.56 Å². The first-order valence-electron chi connectivity index (χ1n) is 6.99. The third kappa shape index (κ3) is 4.11. The number of nitro benzene ring substituents is 1. The molecule has 8 heteroatoms. The quantitative estimate of drug-likeness (QED) is 0.484. The number of methoxy groups -OCH3 is 2. The molecule has 24 heavy (non-hydrogen) atoms. The topological polar surface area (TPSA) is 85.7 Å². The molecule has 0 unspecified atom stereocenters. The molecule has 0 heterocycles. The van der Waals surface area contributed by atoms with E-state index in [1.165, 1.54) is 12.1 Å². The number of aryl methyl sites for hydroxylation is 1. The molecule has 2 rings (SSSR count). The van der Waals surface area contributed by atoms with Gasteiger partial charge in [-0.25, -0.2) is 0 Å². The minimum Gasteiger partial charge on any atom is -0.497 e. The van der Waals surface area contributed by atoms with Crippen LogP contribution in [0.5, 0.6) is 11.5 Å². The van der Waals surface area contributed by atoms with Crippen LogP contribution < -0.4 is 20.1 Å². The number of anilines is 2. The van der Waals surface area contributed by atoms with Gasteiger partial charge >= 0.3 is 0 Å². The summed E-state index contributed by atoms with van der Waals surface area (Å²) in [5, 5.41) is 17.1. The van der Waals surface area contributed by atoms with E-state index >= 15 is 0 Å². The van der Waals surface area contributed by atoms with Crippen LogP contribution in [0, 0.1) is 17.0 Å². The van der Waals surface area contributed by atoms with Crippen molar-refractivity contribution in [3.63, 3.8) is 0 Å². The van der Waals surface area contributed by atoms with Crippen molar-refractivity contribution in [2.24, 2.45) is 0 Å². The Morgan fingerprint density at radius 2 is 1.79 bits per heavy atom. The summed E-state index contributed by atoms with van der Waals surface area (Å²) in [7, 11) is 3.11. The highest BCUT2D eigenvalue weighted by Gasteiger charge is 2.11. The molecule has 126 valence electrons. The maximum atomic E-state index is 10.9. The van der Waals surface area contributed by atoms with Gasteiger partial charge < -0.3 is 20.1 Å². The highest BCUT2D eigenvalue weighted by Crippen LogP contribution is 2.29. The monoisotopic (exact) mass is 347 g/mol. The molecule has 0 aromatic heterocycles. The number of benzene rings is 2. The number of nitrogens with one attached hydrogen (secondary N) is 2. The molecule has 2 N–H and O–H groups in total. The number of non-ortho nitro benzene ring substituents is 1. The van der Waals surface area contributed by atoms with Gasteiger partial charge in [0.2, 0.25) is 0 Å². The van der Waals surface area contributed by atoms with E-state index in [0.29, 0.717) is 28.0 Å². The second-order valence-corrected chi connectivity index (χ2v) is 5.31. The Balaban J connectivity index is 2.17. The fourth-order valence-electron chi connectivity index (χ4n) is 2.04. The van der Waals surface area contributed by atoms with Gasteiger partial charge in [-0.2, -0.15) is 0 Å². The average Bonchev–Trinajstić information content (AvgIpc) is 2.56. The lowest BCUT2D eigenvalue weighted by Gasteiger charge is -2.15. The van der Waals surface area contributed by atoms with Gasteiger partial charge in [-0.3, -0.25) is 10.1 Å². The molecule has 0 atom stereocenters. The molecule has 7 nitrogen and oxygen atoms in total. The molecule has 0 radical (unpaired) electrons. The molecule has 0 aliphatic rings. The Morgan fingerprint density at radius 3 is 2.42 bits per heavy atom. The minimum atomic E-state index is -0.451. The van der Waals surface area contributed by atoms with Crippen LogP contribution >= 0.6 is 12.2 Å². The third-order valence-corrected chi connectivity index (χ3v) is 3.54. The molecule has 0 fully saturated rings. The van der Waals surface area contributed by atoms with Crippen molar-refractivity contribution >= 4 is 34.4 Å². The van der Waals surface area contributed by atoms with Crippen molar-refractivity contribution in [3.8, 4) is 11.5 Å². The molecule has 2 aromatic carbocycles. The second kappa shape index (κ2) is 7.60. The number of thiocarbonyl (C=S) groups is 1. The highest BCUT2D eigenvalue weighted by atomic mass is 32.1. The number of nitrogens with zero attached hydrogens (tertiary/aromatic N) is 1. The third-order valence-electron chi connectivity index (χ3n) is 3.34. The summed E-state index contributed by atoms with van der Waals surface area (Å²) in [5.41, 5.74) is 2.05. The second-order valence-electron chi connectivity index (χ2n) is 4.90. The maximum absolute atomic E-state index is 10.9. The van der Waals surface area contributed by atoms with Crippen LogP contribution in [0.15, 0.2) is 36.4 Å². The molecule has 0 saturated carbocycles. The van der Waals surface area contributed by atoms with Crippen LogP contribution in [0.3, 0.4) is 0 Å². The lowest BCUT2D eigenvalue weighted by atomic mass is 10.2. The first-order chi connectivity index (χ1) is 11.4. The summed E-state index contributed by atoms with van der Waals surface area (Å²) in [6.07, 6.45) is 0. The Morgan fingerprint density at radius 1 is 1.08 bits per heavy atom. The van der Waals surface area contributed by atoms with E-state index in [2.05, 4.69) is 10.6 Å². The van der Waals surface area contributed by atoms with E-state index in [1.807, 2.05) is 6.92 Å². The molecule has 2 aromatic rings. The maximum Gasteiger partial charge on any atom is 0.271 e. The van der Waals surface area contributed by atoms with Gasteiger partial charge in [0.05, 0.1) is 24.8 Å². The first kappa shape index (κ1) is 17.5. The van der Waals surface area contributed by atoms with Crippen molar-refractivity contribution in [2.45, 2.75) is 6.92 Å². The van der Waals surface area contributed by atoms with Gasteiger partial charge in [0, 0.05) is 23.9 Å². The normalized spacial score (nSPS) is 9.96. The zero-order chi connectivity index (χ0) is 17.7. The van der Waals surface area contributed by atoms with Crippen LogP contribution in [0.4, 0.5) is 17.1 Å². The highest BCUT2D eigenvalue weighted by molar-refractivity contribution is 7.80. The van der Waals surface area contributed by atoms with Crippen molar-refractivity contribution < 1.29 is 14.4 Å². The van der Waals surface area contributed by atoms with Crippen LogP contribution in [0.2, 0.25) is 0 Å². The van der Waals surface area contributed by atoms with Gasteiger partial charge in [-0.15, -0.1) is 0 Å². The molecule has 0 spiro atoms. The summed E-state index contributed by atoms with van der Waals surface area (Å²) in [5.74, 6) is 1.22. The Hall–Kier alpha value is -2.87. The number of nitro groups is 1. The summed E-state index contributed by atoms with van der Waals surface area (Å²) in [6, 6.07) is 9.82. The van der Waals surface area contributed by atoms with Crippen LogP contribution in [-0.4, -0.2) is 24.3 Å². The number of hydrogen-bond donors (Lipinski definition) is 2. The first-order valence-corrected chi connectivity index (χ1v) is 7.40. The number of ether oxygens (including phenoxy) is 2. The number of hydrogen-bond acceptors (Lipinski definition) is 5.